The maximum atomic E-state index is 12.0. The molecule has 0 amide bonds. The molecule has 0 bridgehead atoms. The molecule has 0 aliphatic rings. The van der Waals surface area contributed by atoms with Crippen molar-refractivity contribution in [3.63, 3.8) is 0 Å². The largest absolute Gasteiger partial charge is 0.422 e. The Bertz CT molecular complexity index is 806. The van der Waals surface area contributed by atoms with E-state index in [1.54, 1.807) is 18.2 Å². The Hall–Kier alpha value is -1.99. The Morgan fingerprint density at radius 1 is 1.33 bits per heavy atom. The summed E-state index contributed by atoms with van der Waals surface area (Å²) < 4.78 is 27.9. The van der Waals surface area contributed by atoms with Crippen molar-refractivity contribution < 1.29 is 17.9 Å². The van der Waals surface area contributed by atoms with Crippen LogP contribution in [0.5, 0.6) is 5.75 Å². The van der Waals surface area contributed by atoms with Crippen molar-refractivity contribution in [2.45, 2.75) is 12.1 Å². The molecule has 2 rings (SSSR count). The summed E-state index contributed by atoms with van der Waals surface area (Å²) in [6.07, 6.45) is 1.99. The zero-order chi connectivity index (χ0) is 15.6. The molecule has 0 aliphatic carbocycles. The van der Waals surface area contributed by atoms with Gasteiger partial charge in [0.2, 0.25) is 15.0 Å². The van der Waals surface area contributed by atoms with Crippen LogP contribution >= 0.6 is 11.6 Å². The lowest BCUT2D eigenvalue weighted by Gasteiger charge is -2.06. The molecule has 0 saturated carbocycles. The van der Waals surface area contributed by atoms with Crippen LogP contribution in [0.4, 0.5) is 0 Å². The number of ether oxygens (including phenoxy) is 1. The van der Waals surface area contributed by atoms with E-state index < -0.39 is 21.0 Å². The SMILES string of the molecule is Cc1cccc(OC(=O)c2nc(S(C)(=O)=O)ncc2Cl)c1. The summed E-state index contributed by atoms with van der Waals surface area (Å²) >= 11 is 5.82. The van der Waals surface area contributed by atoms with Gasteiger partial charge in [0.1, 0.15) is 5.75 Å². The molecular weight excluding hydrogens is 316 g/mol. The number of sulfone groups is 1. The number of benzene rings is 1. The summed E-state index contributed by atoms with van der Waals surface area (Å²) in [5.74, 6) is -0.534. The molecule has 8 heteroatoms. The van der Waals surface area contributed by atoms with E-state index in [-0.39, 0.29) is 10.7 Å². The van der Waals surface area contributed by atoms with Crippen LogP contribution in [0.3, 0.4) is 0 Å². The molecule has 0 spiro atoms. The van der Waals surface area contributed by atoms with Crippen molar-refractivity contribution >= 4 is 27.4 Å². The predicted octanol–water partition coefficient (Wildman–Crippen LogP) is 2.06. The average Bonchev–Trinajstić information content (AvgIpc) is 2.37. The van der Waals surface area contributed by atoms with Gasteiger partial charge < -0.3 is 4.74 Å². The van der Waals surface area contributed by atoms with Gasteiger partial charge in [0.25, 0.3) is 0 Å². The van der Waals surface area contributed by atoms with E-state index in [4.69, 9.17) is 16.3 Å². The second-order valence-electron chi connectivity index (χ2n) is 4.33. The molecule has 0 fully saturated rings. The van der Waals surface area contributed by atoms with Gasteiger partial charge in [0, 0.05) is 6.26 Å². The number of halogens is 1. The van der Waals surface area contributed by atoms with E-state index in [1.807, 2.05) is 13.0 Å². The van der Waals surface area contributed by atoms with Crippen LogP contribution in [-0.2, 0) is 9.84 Å². The summed E-state index contributed by atoms with van der Waals surface area (Å²) in [7, 11) is -3.64. The Balaban J connectivity index is 2.35. The van der Waals surface area contributed by atoms with Crippen molar-refractivity contribution in [2.75, 3.05) is 6.26 Å². The fourth-order valence-electron chi connectivity index (χ4n) is 1.51. The lowest BCUT2D eigenvalue weighted by Crippen LogP contribution is -2.15. The van der Waals surface area contributed by atoms with Gasteiger partial charge in [-0.1, -0.05) is 23.7 Å². The monoisotopic (exact) mass is 326 g/mol. The summed E-state index contributed by atoms with van der Waals surface area (Å²) in [5, 5.41) is -0.567. The van der Waals surface area contributed by atoms with Crippen LogP contribution in [0.25, 0.3) is 0 Å². The molecule has 1 aromatic carbocycles. The minimum Gasteiger partial charge on any atom is -0.422 e. The standard InChI is InChI=1S/C13H11ClN2O4S/c1-8-4-3-5-9(6-8)20-12(17)11-10(14)7-15-13(16-11)21(2,18)19/h3-7H,1-2H3. The van der Waals surface area contributed by atoms with E-state index in [1.165, 1.54) is 0 Å². The molecule has 0 atom stereocenters. The van der Waals surface area contributed by atoms with E-state index in [0.717, 1.165) is 18.0 Å². The third-order valence-electron chi connectivity index (χ3n) is 2.45. The van der Waals surface area contributed by atoms with E-state index in [0.29, 0.717) is 5.75 Å². The molecule has 0 N–H and O–H groups in total. The number of carbonyl (C=O) groups is 1. The van der Waals surface area contributed by atoms with Crippen molar-refractivity contribution in [2.24, 2.45) is 0 Å². The predicted molar refractivity (Wildman–Crippen MR) is 76.3 cm³/mol. The second kappa shape index (κ2) is 5.79. The zero-order valence-electron chi connectivity index (χ0n) is 11.2. The number of carbonyl (C=O) groups excluding carboxylic acids is 1. The molecule has 0 aliphatic heterocycles. The van der Waals surface area contributed by atoms with Crippen LogP contribution in [0.15, 0.2) is 35.6 Å². The first-order valence-corrected chi connectivity index (χ1v) is 8.06. The van der Waals surface area contributed by atoms with Crippen LogP contribution in [0.2, 0.25) is 5.02 Å². The summed E-state index contributed by atoms with van der Waals surface area (Å²) in [6, 6.07) is 6.82. The Kier molecular flexibility index (Phi) is 4.24. The number of esters is 1. The highest BCUT2D eigenvalue weighted by Crippen LogP contribution is 2.18. The van der Waals surface area contributed by atoms with Crippen molar-refractivity contribution in [3.05, 3.63) is 46.7 Å². The first-order valence-electron chi connectivity index (χ1n) is 5.79. The van der Waals surface area contributed by atoms with Gasteiger partial charge in [-0.3, -0.25) is 0 Å². The molecule has 0 unspecified atom stereocenters. The van der Waals surface area contributed by atoms with Gasteiger partial charge in [-0.2, -0.15) is 0 Å². The van der Waals surface area contributed by atoms with Crippen molar-refractivity contribution in [1.82, 2.24) is 9.97 Å². The topological polar surface area (TPSA) is 86.2 Å². The lowest BCUT2D eigenvalue weighted by atomic mass is 10.2. The number of hydrogen-bond acceptors (Lipinski definition) is 6. The van der Waals surface area contributed by atoms with Crippen LogP contribution in [-0.4, -0.2) is 30.6 Å². The number of hydrogen-bond donors (Lipinski definition) is 0. The third kappa shape index (κ3) is 3.77. The summed E-state index contributed by atoms with van der Waals surface area (Å²) in [6.45, 7) is 1.84. The normalized spacial score (nSPS) is 11.2. The molecule has 0 saturated heterocycles. The lowest BCUT2D eigenvalue weighted by molar-refractivity contribution is 0.0727. The van der Waals surface area contributed by atoms with Gasteiger partial charge in [0.15, 0.2) is 5.69 Å². The molecule has 1 heterocycles. The van der Waals surface area contributed by atoms with Gasteiger partial charge in [-0.05, 0) is 24.6 Å². The van der Waals surface area contributed by atoms with E-state index >= 15 is 0 Å². The van der Waals surface area contributed by atoms with Crippen LogP contribution in [0.1, 0.15) is 16.1 Å². The quantitative estimate of drug-likeness (QED) is 0.487. The first kappa shape index (κ1) is 15.4. The highest BCUT2D eigenvalue weighted by molar-refractivity contribution is 7.90. The zero-order valence-corrected chi connectivity index (χ0v) is 12.8. The van der Waals surface area contributed by atoms with E-state index in [2.05, 4.69) is 9.97 Å². The van der Waals surface area contributed by atoms with E-state index in [9.17, 15) is 13.2 Å². The highest BCUT2D eigenvalue weighted by Gasteiger charge is 2.20. The molecule has 2 aromatic rings. The van der Waals surface area contributed by atoms with Crippen molar-refractivity contribution in [1.29, 1.82) is 0 Å². The highest BCUT2D eigenvalue weighted by atomic mass is 35.5. The van der Waals surface area contributed by atoms with Gasteiger partial charge >= 0.3 is 5.97 Å². The number of aryl methyl sites for hydroxylation is 1. The minimum absolute atomic E-state index is 0.0833. The molecule has 0 radical (unpaired) electrons. The first-order chi connectivity index (χ1) is 9.77. The van der Waals surface area contributed by atoms with Gasteiger partial charge in [0.05, 0.1) is 11.2 Å². The molecule has 6 nitrogen and oxygen atoms in total. The Labute approximate surface area is 126 Å². The summed E-state index contributed by atoms with van der Waals surface area (Å²) in [5.41, 5.74) is 0.611. The smallest absolute Gasteiger partial charge is 0.364 e. The van der Waals surface area contributed by atoms with Crippen LogP contribution in [0, 0.1) is 6.92 Å². The third-order valence-corrected chi connectivity index (χ3v) is 3.58. The maximum Gasteiger partial charge on any atom is 0.364 e. The van der Waals surface area contributed by atoms with Gasteiger partial charge in [-0.25, -0.2) is 23.2 Å². The Morgan fingerprint density at radius 3 is 2.67 bits per heavy atom. The molecule has 110 valence electrons. The van der Waals surface area contributed by atoms with Crippen molar-refractivity contribution in [3.8, 4) is 5.75 Å². The number of nitrogens with zero attached hydrogens (tertiary/aromatic N) is 2. The average molecular weight is 327 g/mol. The maximum absolute atomic E-state index is 12.0. The minimum atomic E-state index is -3.64. The fourth-order valence-corrected chi connectivity index (χ4v) is 2.18. The van der Waals surface area contributed by atoms with Crippen LogP contribution < -0.4 is 4.74 Å². The summed E-state index contributed by atoms with van der Waals surface area (Å²) in [4.78, 5) is 19.3. The Morgan fingerprint density at radius 2 is 2.05 bits per heavy atom. The molecule has 21 heavy (non-hydrogen) atoms. The fraction of sp³-hybridized carbons (Fsp3) is 0.154. The van der Waals surface area contributed by atoms with Gasteiger partial charge in [-0.15, -0.1) is 0 Å². The molecule has 1 aromatic heterocycles. The number of aromatic nitrogens is 2. The number of rotatable bonds is 3. The second-order valence-corrected chi connectivity index (χ2v) is 6.64. The molecular formula is C13H11ClN2O4S.